The van der Waals surface area contributed by atoms with Gasteiger partial charge in [-0.2, -0.15) is 0 Å². The van der Waals surface area contributed by atoms with Crippen LogP contribution in [0.2, 0.25) is 0 Å². The molecule has 0 spiro atoms. The molecular weight excluding hydrogens is 236 g/mol. The Morgan fingerprint density at radius 1 is 0.842 bits per heavy atom. The first-order chi connectivity index (χ1) is 9.38. The first kappa shape index (κ1) is 11.8. The highest BCUT2D eigenvalue weighted by atomic mass is 15.2. The minimum Gasteiger partial charge on any atom is -0.271 e. The van der Waals surface area contributed by atoms with Crippen LogP contribution in [0.5, 0.6) is 0 Å². The standard InChI is InChI=1S/C15H14N4/c16-19-15(11-4-2-1-3-5-11)12-6-7-13-14(10-12)18-9-8-17-13/h1-10,15,19H,16H2. The van der Waals surface area contributed by atoms with E-state index >= 15 is 0 Å². The van der Waals surface area contributed by atoms with Gasteiger partial charge in [0.1, 0.15) is 0 Å². The van der Waals surface area contributed by atoms with Gasteiger partial charge in [0.2, 0.25) is 0 Å². The molecule has 0 aliphatic heterocycles. The Morgan fingerprint density at radius 2 is 1.58 bits per heavy atom. The monoisotopic (exact) mass is 250 g/mol. The van der Waals surface area contributed by atoms with Gasteiger partial charge in [-0.1, -0.05) is 36.4 Å². The molecule has 0 fully saturated rings. The molecule has 0 aliphatic carbocycles. The van der Waals surface area contributed by atoms with E-state index < -0.39 is 0 Å². The van der Waals surface area contributed by atoms with Gasteiger partial charge < -0.3 is 0 Å². The number of hydrogen-bond donors (Lipinski definition) is 2. The van der Waals surface area contributed by atoms with Crippen LogP contribution in [0.4, 0.5) is 0 Å². The molecule has 3 rings (SSSR count). The predicted molar refractivity (Wildman–Crippen MR) is 75.1 cm³/mol. The Labute approximate surface area is 111 Å². The molecule has 0 amide bonds. The van der Waals surface area contributed by atoms with Gasteiger partial charge in [-0.25, -0.2) is 5.43 Å². The summed E-state index contributed by atoms with van der Waals surface area (Å²) in [7, 11) is 0. The molecule has 1 unspecified atom stereocenters. The maximum absolute atomic E-state index is 5.69. The van der Waals surface area contributed by atoms with Gasteiger partial charge in [-0.15, -0.1) is 0 Å². The summed E-state index contributed by atoms with van der Waals surface area (Å²) in [6.07, 6.45) is 3.39. The number of nitrogens with zero attached hydrogens (tertiary/aromatic N) is 2. The van der Waals surface area contributed by atoms with Crippen LogP contribution < -0.4 is 11.3 Å². The summed E-state index contributed by atoms with van der Waals surface area (Å²) in [4.78, 5) is 8.59. The first-order valence-electron chi connectivity index (χ1n) is 6.10. The summed E-state index contributed by atoms with van der Waals surface area (Å²) in [6, 6.07) is 16.0. The Kier molecular flexibility index (Phi) is 3.18. The molecule has 4 heteroatoms. The molecule has 3 aromatic rings. The molecule has 1 heterocycles. The van der Waals surface area contributed by atoms with E-state index in [0.717, 1.165) is 22.2 Å². The zero-order valence-corrected chi connectivity index (χ0v) is 10.3. The Hall–Kier alpha value is -2.30. The predicted octanol–water partition coefficient (Wildman–Crippen LogP) is 2.18. The van der Waals surface area contributed by atoms with Crippen LogP contribution in [0.1, 0.15) is 17.2 Å². The lowest BCUT2D eigenvalue weighted by atomic mass is 9.99. The van der Waals surface area contributed by atoms with E-state index in [-0.39, 0.29) is 6.04 Å². The van der Waals surface area contributed by atoms with Gasteiger partial charge in [0.05, 0.1) is 17.1 Å². The first-order valence-corrected chi connectivity index (χ1v) is 6.10. The van der Waals surface area contributed by atoms with Crippen molar-refractivity contribution in [1.82, 2.24) is 15.4 Å². The Balaban J connectivity index is 2.06. The fourth-order valence-electron chi connectivity index (χ4n) is 2.19. The second-order valence-corrected chi connectivity index (χ2v) is 4.31. The molecular formula is C15H14N4. The van der Waals surface area contributed by atoms with Crippen LogP contribution in [0.15, 0.2) is 60.9 Å². The molecule has 1 atom stereocenters. The fourth-order valence-corrected chi connectivity index (χ4v) is 2.19. The molecule has 1 aromatic heterocycles. The summed E-state index contributed by atoms with van der Waals surface area (Å²) < 4.78 is 0. The summed E-state index contributed by atoms with van der Waals surface area (Å²) in [5.41, 5.74) is 6.80. The topological polar surface area (TPSA) is 63.8 Å². The zero-order valence-electron chi connectivity index (χ0n) is 10.3. The quantitative estimate of drug-likeness (QED) is 0.552. The van der Waals surface area contributed by atoms with Crippen LogP contribution in [0.3, 0.4) is 0 Å². The number of fused-ring (bicyclic) bond motifs is 1. The Morgan fingerprint density at radius 3 is 2.32 bits per heavy atom. The average molecular weight is 250 g/mol. The van der Waals surface area contributed by atoms with Crippen molar-refractivity contribution in [2.45, 2.75) is 6.04 Å². The number of hydrogen-bond acceptors (Lipinski definition) is 4. The maximum atomic E-state index is 5.69. The lowest BCUT2D eigenvalue weighted by molar-refractivity contribution is 0.637. The normalized spacial score (nSPS) is 12.5. The molecule has 0 saturated heterocycles. The van der Waals surface area contributed by atoms with E-state index in [2.05, 4.69) is 15.4 Å². The highest BCUT2D eigenvalue weighted by molar-refractivity contribution is 5.74. The van der Waals surface area contributed by atoms with Crippen molar-refractivity contribution in [3.63, 3.8) is 0 Å². The van der Waals surface area contributed by atoms with Crippen LogP contribution in [0.25, 0.3) is 11.0 Å². The summed E-state index contributed by atoms with van der Waals surface area (Å²) in [6.45, 7) is 0. The number of aromatic nitrogens is 2. The third-order valence-corrected chi connectivity index (χ3v) is 3.13. The van der Waals surface area contributed by atoms with Crippen molar-refractivity contribution in [3.8, 4) is 0 Å². The summed E-state index contributed by atoms with van der Waals surface area (Å²) in [5.74, 6) is 5.69. The number of benzene rings is 2. The van der Waals surface area contributed by atoms with Gasteiger partial charge in [0, 0.05) is 12.4 Å². The summed E-state index contributed by atoms with van der Waals surface area (Å²) >= 11 is 0. The molecule has 0 saturated carbocycles. The number of rotatable bonds is 3. The van der Waals surface area contributed by atoms with Crippen molar-refractivity contribution in [2.75, 3.05) is 0 Å². The van der Waals surface area contributed by atoms with Crippen molar-refractivity contribution >= 4 is 11.0 Å². The number of hydrazine groups is 1. The zero-order chi connectivity index (χ0) is 13.1. The Bertz CT molecular complexity index is 682. The molecule has 94 valence electrons. The van der Waals surface area contributed by atoms with Gasteiger partial charge in [-0.3, -0.25) is 15.8 Å². The molecule has 0 aliphatic rings. The van der Waals surface area contributed by atoms with Gasteiger partial charge >= 0.3 is 0 Å². The van der Waals surface area contributed by atoms with Crippen molar-refractivity contribution in [3.05, 3.63) is 72.1 Å². The molecule has 0 radical (unpaired) electrons. The lowest BCUT2D eigenvalue weighted by Crippen LogP contribution is -2.28. The SMILES string of the molecule is NNC(c1ccccc1)c1ccc2nccnc2c1. The van der Waals surface area contributed by atoms with E-state index in [1.54, 1.807) is 12.4 Å². The van der Waals surface area contributed by atoms with Crippen LogP contribution in [-0.2, 0) is 0 Å². The van der Waals surface area contributed by atoms with E-state index in [1.807, 2.05) is 48.5 Å². The molecule has 2 aromatic carbocycles. The minimum absolute atomic E-state index is 0.0485. The second-order valence-electron chi connectivity index (χ2n) is 4.31. The van der Waals surface area contributed by atoms with Crippen LogP contribution in [0, 0.1) is 0 Å². The summed E-state index contributed by atoms with van der Waals surface area (Å²) in [5, 5.41) is 0. The van der Waals surface area contributed by atoms with Gasteiger partial charge in [0.25, 0.3) is 0 Å². The van der Waals surface area contributed by atoms with Crippen LogP contribution >= 0.6 is 0 Å². The van der Waals surface area contributed by atoms with E-state index in [1.165, 1.54) is 0 Å². The van der Waals surface area contributed by atoms with Crippen molar-refractivity contribution in [2.24, 2.45) is 5.84 Å². The molecule has 4 nitrogen and oxygen atoms in total. The molecule has 0 bridgehead atoms. The largest absolute Gasteiger partial charge is 0.271 e. The van der Waals surface area contributed by atoms with E-state index in [0.29, 0.717) is 0 Å². The fraction of sp³-hybridized carbons (Fsp3) is 0.0667. The smallest absolute Gasteiger partial charge is 0.0890 e. The molecule has 3 N–H and O–H groups in total. The van der Waals surface area contributed by atoms with Gasteiger partial charge in [-0.05, 0) is 23.3 Å². The molecule has 19 heavy (non-hydrogen) atoms. The average Bonchev–Trinajstić information content (AvgIpc) is 2.49. The number of nitrogens with one attached hydrogen (secondary N) is 1. The third kappa shape index (κ3) is 2.31. The lowest BCUT2D eigenvalue weighted by Gasteiger charge is -2.17. The van der Waals surface area contributed by atoms with Crippen LogP contribution in [-0.4, -0.2) is 9.97 Å². The van der Waals surface area contributed by atoms with E-state index in [9.17, 15) is 0 Å². The number of nitrogens with two attached hydrogens (primary N) is 1. The maximum Gasteiger partial charge on any atom is 0.0890 e. The van der Waals surface area contributed by atoms with Crippen molar-refractivity contribution in [1.29, 1.82) is 0 Å². The highest BCUT2D eigenvalue weighted by Crippen LogP contribution is 2.23. The second kappa shape index (κ2) is 5.14. The highest BCUT2D eigenvalue weighted by Gasteiger charge is 2.12. The minimum atomic E-state index is -0.0485. The van der Waals surface area contributed by atoms with E-state index in [4.69, 9.17) is 5.84 Å². The van der Waals surface area contributed by atoms with Crippen molar-refractivity contribution < 1.29 is 0 Å². The third-order valence-electron chi connectivity index (χ3n) is 3.13. The van der Waals surface area contributed by atoms with Gasteiger partial charge in [0.15, 0.2) is 0 Å².